The average Bonchev–Trinajstić information content (AvgIpc) is 3.02. The van der Waals surface area contributed by atoms with Crippen molar-refractivity contribution >= 4 is 42.8 Å². The third kappa shape index (κ3) is 4.77. The Hall–Kier alpha value is -2.56. The zero-order valence-electron chi connectivity index (χ0n) is 16.9. The summed E-state index contributed by atoms with van der Waals surface area (Å²) >= 11 is 1.39. The van der Waals surface area contributed by atoms with E-state index in [0.717, 1.165) is 4.88 Å². The van der Waals surface area contributed by atoms with Crippen LogP contribution >= 0.6 is 11.3 Å². The summed E-state index contributed by atoms with van der Waals surface area (Å²) in [7, 11) is -6.24. The van der Waals surface area contributed by atoms with Gasteiger partial charge in [-0.25, -0.2) is 16.8 Å². The van der Waals surface area contributed by atoms with Gasteiger partial charge in [-0.1, -0.05) is 6.07 Å². The van der Waals surface area contributed by atoms with E-state index in [9.17, 15) is 16.8 Å². The Morgan fingerprint density at radius 1 is 0.833 bits per heavy atom. The molecule has 0 radical (unpaired) electrons. The number of benzene rings is 2. The first-order chi connectivity index (χ1) is 14.0. The van der Waals surface area contributed by atoms with Gasteiger partial charge >= 0.3 is 0 Å². The van der Waals surface area contributed by atoms with Crippen LogP contribution in [0, 0.1) is 20.8 Å². The number of anilines is 2. The van der Waals surface area contributed by atoms with Crippen LogP contribution in [-0.4, -0.2) is 23.9 Å². The van der Waals surface area contributed by atoms with E-state index in [0.29, 0.717) is 21.9 Å². The summed E-state index contributed by atoms with van der Waals surface area (Å²) in [5, 5.41) is 0. The summed E-state index contributed by atoms with van der Waals surface area (Å²) in [6.07, 6.45) is 0. The van der Waals surface area contributed by atoms with Gasteiger partial charge in [0.25, 0.3) is 20.0 Å². The fourth-order valence-electron chi connectivity index (χ4n) is 2.83. The highest BCUT2D eigenvalue weighted by Crippen LogP contribution is 2.29. The third-order valence-electron chi connectivity index (χ3n) is 4.39. The summed E-state index contributed by atoms with van der Waals surface area (Å²) in [5.41, 5.74) is 1.17. The molecule has 0 aliphatic carbocycles. The maximum Gasteiger partial charge on any atom is 0.263 e. The number of aryl methyl sites for hydroxylation is 3. The number of nitrogens with one attached hydrogen (secondary N) is 2. The van der Waals surface area contributed by atoms with Crippen LogP contribution in [0.4, 0.5) is 11.4 Å². The molecule has 0 bridgehead atoms. The van der Waals surface area contributed by atoms with Gasteiger partial charge < -0.3 is 4.74 Å². The van der Waals surface area contributed by atoms with E-state index in [1.54, 1.807) is 50.2 Å². The lowest BCUT2D eigenvalue weighted by Gasteiger charge is -2.13. The Morgan fingerprint density at radius 3 is 2.07 bits per heavy atom. The Labute approximate surface area is 180 Å². The first-order valence-electron chi connectivity index (χ1n) is 8.89. The summed E-state index contributed by atoms with van der Waals surface area (Å²) < 4.78 is 61.3. The standard InChI is InChI=1S/C20H22N2O5S3/c1-13-5-10-18(29(23,24)21-16-6-8-17(27-4)9-7-16)12-19(13)22-30(25,26)20-11-14(2)28-15(20)3/h5-12,21-22H,1-4H3. The van der Waals surface area contributed by atoms with Crippen LogP contribution in [0.2, 0.25) is 0 Å². The van der Waals surface area contributed by atoms with Gasteiger partial charge in [-0.3, -0.25) is 9.44 Å². The van der Waals surface area contributed by atoms with Crippen molar-refractivity contribution in [3.8, 4) is 5.75 Å². The van der Waals surface area contributed by atoms with Gasteiger partial charge in [0.05, 0.1) is 17.7 Å². The molecule has 1 heterocycles. The topological polar surface area (TPSA) is 102 Å². The first-order valence-corrected chi connectivity index (χ1v) is 12.7. The van der Waals surface area contributed by atoms with E-state index >= 15 is 0 Å². The minimum absolute atomic E-state index is 0.0557. The first kappa shape index (κ1) is 22.1. The van der Waals surface area contributed by atoms with Crippen molar-refractivity contribution in [1.82, 2.24) is 0 Å². The molecule has 3 aromatic rings. The lowest BCUT2D eigenvalue weighted by Crippen LogP contribution is -2.16. The van der Waals surface area contributed by atoms with Crippen LogP contribution in [0.15, 0.2) is 58.3 Å². The Morgan fingerprint density at radius 2 is 1.50 bits per heavy atom. The Kier molecular flexibility index (Phi) is 6.11. The molecule has 7 nitrogen and oxygen atoms in total. The van der Waals surface area contributed by atoms with Crippen LogP contribution in [0.3, 0.4) is 0 Å². The lowest BCUT2D eigenvalue weighted by molar-refractivity contribution is 0.415. The van der Waals surface area contributed by atoms with Crippen molar-refractivity contribution in [3.63, 3.8) is 0 Å². The SMILES string of the molecule is COc1ccc(NS(=O)(=O)c2ccc(C)c(NS(=O)(=O)c3cc(C)sc3C)c2)cc1. The highest BCUT2D eigenvalue weighted by Gasteiger charge is 2.22. The number of methoxy groups -OCH3 is 1. The average molecular weight is 467 g/mol. The number of hydrogen-bond donors (Lipinski definition) is 2. The van der Waals surface area contributed by atoms with Gasteiger partial charge in [0.1, 0.15) is 10.6 Å². The lowest BCUT2D eigenvalue weighted by atomic mass is 10.2. The molecule has 0 amide bonds. The van der Waals surface area contributed by atoms with E-state index in [2.05, 4.69) is 9.44 Å². The maximum atomic E-state index is 12.8. The molecule has 0 saturated carbocycles. The van der Waals surface area contributed by atoms with Crippen molar-refractivity contribution in [3.05, 3.63) is 63.8 Å². The maximum absolute atomic E-state index is 12.8. The zero-order valence-corrected chi connectivity index (χ0v) is 19.3. The molecule has 160 valence electrons. The zero-order chi connectivity index (χ0) is 22.1. The van der Waals surface area contributed by atoms with Crippen LogP contribution in [0.1, 0.15) is 15.3 Å². The van der Waals surface area contributed by atoms with Crippen molar-refractivity contribution in [2.45, 2.75) is 30.6 Å². The van der Waals surface area contributed by atoms with E-state index < -0.39 is 20.0 Å². The van der Waals surface area contributed by atoms with Crippen LogP contribution in [-0.2, 0) is 20.0 Å². The van der Waals surface area contributed by atoms with E-state index in [1.165, 1.54) is 30.6 Å². The second kappa shape index (κ2) is 8.29. The Balaban J connectivity index is 1.91. The van der Waals surface area contributed by atoms with Crippen LogP contribution in [0.25, 0.3) is 0 Å². The molecule has 2 aromatic carbocycles. The number of ether oxygens (including phenoxy) is 1. The molecule has 0 unspecified atom stereocenters. The highest BCUT2D eigenvalue weighted by atomic mass is 32.2. The van der Waals surface area contributed by atoms with Gasteiger partial charge in [-0.2, -0.15) is 0 Å². The summed E-state index contributed by atoms with van der Waals surface area (Å²) in [6, 6.07) is 12.3. The summed E-state index contributed by atoms with van der Waals surface area (Å²) in [5.74, 6) is 0.601. The molecular weight excluding hydrogens is 444 g/mol. The minimum atomic E-state index is -3.92. The van der Waals surface area contributed by atoms with Crippen molar-refractivity contribution < 1.29 is 21.6 Å². The molecule has 0 aliphatic rings. The molecule has 1 aromatic heterocycles. The molecule has 10 heteroatoms. The quantitative estimate of drug-likeness (QED) is 0.541. The monoisotopic (exact) mass is 466 g/mol. The molecule has 0 aliphatic heterocycles. The molecule has 2 N–H and O–H groups in total. The molecule has 3 rings (SSSR count). The van der Waals surface area contributed by atoms with Gasteiger partial charge in [0.2, 0.25) is 0 Å². The molecular formula is C20H22N2O5S3. The van der Waals surface area contributed by atoms with Crippen LogP contribution < -0.4 is 14.2 Å². The van der Waals surface area contributed by atoms with Gasteiger partial charge in [-0.05, 0) is 68.8 Å². The molecule has 0 spiro atoms. The highest BCUT2D eigenvalue weighted by molar-refractivity contribution is 7.93. The summed E-state index contributed by atoms with van der Waals surface area (Å²) in [4.78, 5) is 1.68. The fourth-order valence-corrected chi connectivity index (χ4v) is 6.59. The second-order valence-electron chi connectivity index (χ2n) is 6.69. The minimum Gasteiger partial charge on any atom is -0.497 e. The predicted octanol–water partition coefficient (Wildman–Crippen LogP) is 4.28. The molecule has 30 heavy (non-hydrogen) atoms. The predicted molar refractivity (Wildman–Crippen MR) is 120 cm³/mol. The van der Waals surface area contributed by atoms with Gasteiger partial charge in [0, 0.05) is 15.4 Å². The van der Waals surface area contributed by atoms with Crippen LogP contribution in [0.5, 0.6) is 5.75 Å². The van der Waals surface area contributed by atoms with Gasteiger partial charge in [0.15, 0.2) is 0 Å². The number of hydrogen-bond acceptors (Lipinski definition) is 6. The van der Waals surface area contributed by atoms with Gasteiger partial charge in [-0.15, -0.1) is 11.3 Å². The second-order valence-corrected chi connectivity index (χ2v) is 11.5. The Bertz CT molecular complexity index is 1280. The summed E-state index contributed by atoms with van der Waals surface area (Å²) in [6.45, 7) is 5.27. The van der Waals surface area contributed by atoms with Crippen molar-refractivity contribution in [1.29, 1.82) is 0 Å². The smallest absolute Gasteiger partial charge is 0.263 e. The number of sulfonamides is 2. The normalized spacial score (nSPS) is 11.9. The fraction of sp³-hybridized carbons (Fsp3) is 0.200. The largest absolute Gasteiger partial charge is 0.497 e. The van der Waals surface area contributed by atoms with E-state index in [1.807, 2.05) is 6.92 Å². The van der Waals surface area contributed by atoms with E-state index in [-0.39, 0.29) is 15.5 Å². The molecule has 0 atom stereocenters. The molecule has 0 fully saturated rings. The van der Waals surface area contributed by atoms with E-state index in [4.69, 9.17) is 4.74 Å². The van der Waals surface area contributed by atoms with Crippen molar-refractivity contribution in [2.24, 2.45) is 0 Å². The van der Waals surface area contributed by atoms with Crippen molar-refractivity contribution in [2.75, 3.05) is 16.6 Å². The number of thiophene rings is 1. The molecule has 0 saturated heterocycles. The third-order valence-corrected chi connectivity index (χ3v) is 8.36. The number of rotatable bonds is 7.